The summed E-state index contributed by atoms with van der Waals surface area (Å²) in [4.78, 5) is 0.432. The molecule has 2 aromatic carbocycles. The summed E-state index contributed by atoms with van der Waals surface area (Å²) in [6.45, 7) is 0. The molecule has 6 atom stereocenters. The number of para-hydroxylation sites is 2. The highest BCUT2D eigenvalue weighted by Crippen LogP contribution is 2.59. The molecule has 3 aliphatic rings. The van der Waals surface area contributed by atoms with Gasteiger partial charge in [0.15, 0.2) is 11.5 Å². The normalized spacial score (nSPS) is 33.0. The topological polar surface area (TPSA) is 51.5 Å². The van der Waals surface area contributed by atoms with E-state index in [1.165, 1.54) is 6.42 Å². The molecule has 0 N–H and O–H groups in total. The van der Waals surface area contributed by atoms with Gasteiger partial charge in [-0.15, -0.1) is 0 Å². The second-order valence-corrected chi connectivity index (χ2v) is 8.64. The zero-order chi connectivity index (χ0) is 18.4. The summed E-state index contributed by atoms with van der Waals surface area (Å²) in [5.74, 6) is 3.68. The third kappa shape index (κ3) is 2.92. The van der Waals surface area contributed by atoms with Crippen molar-refractivity contribution < 1.29 is 14.2 Å². The standard InChI is InChI=1S/C22H20BrNO3/c23-19-14-11-16-17(12-14)22(27-21(16)19)26-20-13(9-10-24)5-4-8-18(20)25-15-6-2-1-3-7-15/h1-8,14,16-17,19,21-22H,9,11-12H2/t14?,16?,17?,19-,21?,22?/m0/s1. The van der Waals surface area contributed by atoms with E-state index in [0.29, 0.717) is 34.1 Å². The van der Waals surface area contributed by atoms with Gasteiger partial charge in [0.2, 0.25) is 6.29 Å². The number of fused-ring (bicyclic) bond motifs is 1. The molecule has 2 bridgehead atoms. The van der Waals surface area contributed by atoms with E-state index < -0.39 is 0 Å². The molecule has 1 saturated heterocycles. The first kappa shape index (κ1) is 17.1. The van der Waals surface area contributed by atoms with Gasteiger partial charge in [0, 0.05) is 16.3 Å². The summed E-state index contributed by atoms with van der Waals surface area (Å²) in [6, 6.07) is 17.6. The van der Waals surface area contributed by atoms with Crippen molar-refractivity contribution in [3.05, 3.63) is 54.1 Å². The average Bonchev–Trinajstić information content (AvgIpc) is 3.30. The van der Waals surface area contributed by atoms with Crippen LogP contribution in [0.5, 0.6) is 17.2 Å². The zero-order valence-corrected chi connectivity index (χ0v) is 16.3. The lowest BCUT2D eigenvalue weighted by Crippen LogP contribution is -2.27. The molecule has 2 saturated carbocycles. The van der Waals surface area contributed by atoms with Crippen LogP contribution in [0.1, 0.15) is 18.4 Å². The van der Waals surface area contributed by atoms with E-state index >= 15 is 0 Å². The maximum Gasteiger partial charge on any atom is 0.203 e. The van der Waals surface area contributed by atoms with E-state index in [-0.39, 0.29) is 18.8 Å². The van der Waals surface area contributed by atoms with Crippen molar-refractivity contribution in [3.8, 4) is 23.3 Å². The summed E-state index contributed by atoms with van der Waals surface area (Å²) in [6.07, 6.45) is 2.59. The highest BCUT2D eigenvalue weighted by atomic mass is 79.9. The number of benzene rings is 2. The van der Waals surface area contributed by atoms with Gasteiger partial charge in [-0.2, -0.15) is 5.26 Å². The van der Waals surface area contributed by atoms with Crippen molar-refractivity contribution >= 4 is 15.9 Å². The van der Waals surface area contributed by atoms with Gasteiger partial charge in [0.1, 0.15) is 5.75 Å². The number of hydrogen-bond donors (Lipinski definition) is 0. The van der Waals surface area contributed by atoms with Crippen LogP contribution in [-0.4, -0.2) is 17.2 Å². The third-order valence-corrected chi connectivity index (χ3v) is 7.33. The van der Waals surface area contributed by atoms with Gasteiger partial charge >= 0.3 is 0 Å². The van der Waals surface area contributed by atoms with Crippen LogP contribution < -0.4 is 9.47 Å². The van der Waals surface area contributed by atoms with Crippen LogP contribution in [0.2, 0.25) is 0 Å². The number of hydrogen-bond acceptors (Lipinski definition) is 4. The molecule has 1 aliphatic heterocycles. The van der Waals surface area contributed by atoms with Crippen LogP contribution in [0, 0.1) is 29.1 Å². The van der Waals surface area contributed by atoms with E-state index in [0.717, 1.165) is 17.7 Å². The fourth-order valence-electron chi connectivity index (χ4n) is 4.88. The van der Waals surface area contributed by atoms with E-state index in [1.54, 1.807) is 0 Å². The molecular weight excluding hydrogens is 406 g/mol. The molecule has 27 heavy (non-hydrogen) atoms. The number of ether oxygens (including phenoxy) is 3. The molecule has 2 aromatic rings. The summed E-state index contributed by atoms with van der Waals surface area (Å²) < 4.78 is 18.8. The van der Waals surface area contributed by atoms with Crippen molar-refractivity contribution in [1.82, 2.24) is 0 Å². The Kier molecular flexibility index (Phi) is 4.34. The average molecular weight is 426 g/mol. The van der Waals surface area contributed by atoms with Gasteiger partial charge in [-0.1, -0.05) is 46.3 Å². The summed E-state index contributed by atoms with van der Waals surface area (Å²) in [5.41, 5.74) is 0.832. The second-order valence-electron chi connectivity index (χ2n) is 7.58. The number of nitriles is 1. The lowest BCUT2D eigenvalue weighted by Gasteiger charge is -2.22. The molecule has 0 radical (unpaired) electrons. The Bertz CT molecular complexity index is 881. The van der Waals surface area contributed by atoms with Gasteiger partial charge in [-0.3, -0.25) is 0 Å². The zero-order valence-electron chi connectivity index (χ0n) is 14.8. The van der Waals surface area contributed by atoms with Crippen molar-refractivity contribution in [2.45, 2.75) is 36.5 Å². The first-order valence-electron chi connectivity index (χ1n) is 9.42. The number of alkyl halides is 1. The van der Waals surface area contributed by atoms with Gasteiger partial charge in [0.25, 0.3) is 0 Å². The predicted molar refractivity (Wildman–Crippen MR) is 104 cm³/mol. The molecule has 5 rings (SSSR count). The van der Waals surface area contributed by atoms with Crippen molar-refractivity contribution in [3.63, 3.8) is 0 Å². The SMILES string of the molecule is N#CCc1cccc(Oc2ccccc2)c1OC1OC2C3CC(CC13)[C@@H]2Br. The fraction of sp³-hybridized carbons (Fsp3) is 0.409. The Balaban J connectivity index is 1.45. The van der Waals surface area contributed by atoms with Crippen molar-refractivity contribution in [2.75, 3.05) is 0 Å². The maximum absolute atomic E-state index is 9.24. The second kappa shape index (κ2) is 6.85. The van der Waals surface area contributed by atoms with E-state index in [9.17, 15) is 5.26 Å². The quantitative estimate of drug-likeness (QED) is 0.627. The number of rotatable bonds is 5. The third-order valence-electron chi connectivity index (χ3n) is 6.06. The molecule has 5 unspecified atom stereocenters. The Labute approximate surface area is 167 Å². The minimum absolute atomic E-state index is 0.236. The van der Waals surface area contributed by atoms with E-state index in [4.69, 9.17) is 14.2 Å². The summed E-state index contributed by atoms with van der Waals surface area (Å²) in [5, 5.41) is 9.24. The molecule has 1 heterocycles. The van der Waals surface area contributed by atoms with Crippen LogP contribution >= 0.6 is 15.9 Å². The molecule has 0 aromatic heterocycles. The van der Waals surface area contributed by atoms with E-state index in [2.05, 4.69) is 22.0 Å². The Morgan fingerprint density at radius 1 is 1.07 bits per heavy atom. The molecule has 138 valence electrons. The summed E-state index contributed by atoms with van der Waals surface area (Å²) in [7, 11) is 0. The first-order valence-corrected chi connectivity index (χ1v) is 10.3. The number of halogens is 1. The van der Waals surface area contributed by atoms with Crippen LogP contribution in [0.4, 0.5) is 0 Å². The van der Waals surface area contributed by atoms with Crippen LogP contribution in [0.3, 0.4) is 0 Å². The van der Waals surface area contributed by atoms with Crippen LogP contribution in [-0.2, 0) is 11.2 Å². The van der Waals surface area contributed by atoms with Gasteiger partial charge in [0.05, 0.1) is 18.6 Å². The highest BCUT2D eigenvalue weighted by molar-refractivity contribution is 9.09. The fourth-order valence-corrected chi connectivity index (χ4v) is 5.83. The Hall–Kier alpha value is -2.03. The molecule has 4 nitrogen and oxygen atoms in total. The van der Waals surface area contributed by atoms with E-state index in [1.807, 2.05) is 48.5 Å². The Morgan fingerprint density at radius 2 is 1.89 bits per heavy atom. The molecule has 5 heteroatoms. The largest absolute Gasteiger partial charge is 0.460 e. The predicted octanol–water partition coefficient (Wildman–Crippen LogP) is 5.07. The monoisotopic (exact) mass is 425 g/mol. The molecule has 0 amide bonds. The lowest BCUT2D eigenvalue weighted by atomic mass is 9.89. The molecular formula is C22H20BrNO3. The van der Waals surface area contributed by atoms with Crippen LogP contribution in [0.25, 0.3) is 0 Å². The highest BCUT2D eigenvalue weighted by Gasteiger charge is 2.61. The van der Waals surface area contributed by atoms with Gasteiger partial charge < -0.3 is 14.2 Å². The number of nitrogens with zero attached hydrogens (tertiary/aromatic N) is 1. The first-order chi connectivity index (χ1) is 13.2. The molecule has 0 spiro atoms. The van der Waals surface area contributed by atoms with Gasteiger partial charge in [-0.25, -0.2) is 0 Å². The molecule has 2 aliphatic carbocycles. The Morgan fingerprint density at radius 3 is 2.63 bits per heavy atom. The van der Waals surface area contributed by atoms with Gasteiger partial charge in [-0.05, 0) is 42.9 Å². The summed E-state index contributed by atoms with van der Waals surface area (Å²) >= 11 is 3.81. The maximum atomic E-state index is 9.24. The minimum Gasteiger partial charge on any atom is -0.460 e. The smallest absolute Gasteiger partial charge is 0.203 e. The lowest BCUT2D eigenvalue weighted by molar-refractivity contribution is -0.0826. The van der Waals surface area contributed by atoms with Crippen molar-refractivity contribution in [2.24, 2.45) is 17.8 Å². The van der Waals surface area contributed by atoms with Crippen molar-refractivity contribution in [1.29, 1.82) is 5.26 Å². The molecule has 3 fully saturated rings. The van der Waals surface area contributed by atoms with Crippen LogP contribution in [0.15, 0.2) is 48.5 Å². The minimum atomic E-state index is -0.273.